The van der Waals surface area contributed by atoms with Gasteiger partial charge in [0.2, 0.25) is 10.0 Å². The Labute approximate surface area is 153 Å². The van der Waals surface area contributed by atoms with E-state index in [0.29, 0.717) is 45.1 Å². The van der Waals surface area contributed by atoms with Crippen LogP contribution >= 0.6 is 0 Å². The quantitative estimate of drug-likeness (QED) is 0.442. The van der Waals surface area contributed by atoms with Crippen molar-refractivity contribution in [2.75, 3.05) is 58.5 Å². The molecule has 0 bridgehead atoms. The van der Waals surface area contributed by atoms with Gasteiger partial charge in [-0.25, -0.2) is 8.42 Å². The van der Waals surface area contributed by atoms with Gasteiger partial charge in [0, 0.05) is 52.5 Å². The van der Waals surface area contributed by atoms with E-state index in [2.05, 4.69) is 0 Å². The van der Waals surface area contributed by atoms with Gasteiger partial charge in [0.1, 0.15) is 4.90 Å². The minimum absolute atomic E-state index is 0.0409. The van der Waals surface area contributed by atoms with Crippen molar-refractivity contribution in [3.63, 3.8) is 0 Å². The normalized spacial score (nSPS) is 15.3. The first kappa shape index (κ1) is 20.6. The predicted octanol–water partition coefficient (Wildman–Crippen LogP) is 1.48. The average molecular weight is 387 g/mol. The second kappa shape index (κ2) is 9.26. The predicted molar refractivity (Wildman–Crippen MR) is 97.1 cm³/mol. The van der Waals surface area contributed by atoms with Crippen LogP contribution in [-0.4, -0.2) is 71.3 Å². The third-order valence-electron chi connectivity index (χ3n) is 4.31. The number of benzene rings is 1. The molecule has 0 aromatic heterocycles. The smallest absolute Gasteiger partial charge is 0.270 e. The van der Waals surface area contributed by atoms with Crippen LogP contribution in [0.25, 0.3) is 0 Å². The molecular formula is C16H25N3O6S. The van der Waals surface area contributed by atoms with Crippen LogP contribution in [0.15, 0.2) is 23.1 Å². The van der Waals surface area contributed by atoms with Crippen LogP contribution < -0.4 is 4.90 Å². The van der Waals surface area contributed by atoms with E-state index in [1.54, 1.807) is 14.2 Å². The molecule has 146 valence electrons. The fraction of sp³-hybridized carbons (Fsp3) is 0.625. The van der Waals surface area contributed by atoms with Gasteiger partial charge < -0.3 is 14.4 Å². The zero-order chi connectivity index (χ0) is 19.2. The first-order chi connectivity index (χ1) is 12.4. The highest BCUT2D eigenvalue weighted by atomic mass is 32.2. The average Bonchev–Trinajstić information content (AvgIpc) is 3.17. The number of sulfonamides is 1. The molecule has 9 nitrogen and oxygen atoms in total. The topological polar surface area (TPSA) is 102 Å². The number of non-ortho nitro benzene ring substituents is 1. The van der Waals surface area contributed by atoms with Crippen LogP contribution in [-0.2, 0) is 19.5 Å². The van der Waals surface area contributed by atoms with Gasteiger partial charge in [0.15, 0.2) is 0 Å². The zero-order valence-corrected chi connectivity index (χ0v) is 15.9. The minimum atomic E-state index is -3.81. The number of anilines is 1. The third kappa shape index (κ3) is 4.70. The van der Waals surface area contributed by atoms with E-state index in [1.807, 2.05) is 4.90 Å². The highest BCUT2D eigenvalue weighted by molar-refractivity contribution is 7.89. The summed E-state index contributed by atoms with van der Waals surface area (Å²) in [5, 5.41) is 11.2. The van der Waals surface area contributed by atoms with Crippen LogP contribution in [0.1, 0.15) is 12.8 Å². The zero-order valence-electron chi connectivity index (χ0n) is 15.1. The lowest BCUT2D eigenvalue weighted by Gasteiger charge is -2.27. The number of hydrogen-bond acceptors (Lipinski definition) is 7. The molecule has 0 unspecified atom stereocenters. The molecule has 1 heterocycles. The summed E-state index contributed by atoms with van der Waals surface area (Å²) in [5.41, 5.74) is 0.182. The Morgan fingerprint density at radius 1 is 1.15 bits per heavy atom. The molecule has 0 spiro atoms. The van der Waals surface area contributed by atoms with Crippen molar-refractivity contribution in [1.82, 2.24) is 4.31 Å². The summed E-state index contributed by atoms with van der Waals surface area (Å²) in [4.78, 5) is 12.4. The molecule has 1 aromatic rings. The number of rotatable bonds is 10. The van der Waals surface area contributed by atoms with Crippen LogP contribution in [0, 0.1) is 10.1 Å². The molecule has 10 heteroatoms. The lowest BCUT2D eigenvalue weighted by atomic mass is 10.2. The second-order valence-corrected chi connectivity index (χ2v) is 7.90. The van der Waals surface area contributed by atoms with Crippen LogP contribution in [0.3, 0.4) is 0 Å². The van der Waals surface area contributed by atoms with Crippen molar-refractivity contribution in [2.45, 2.75) is 17.7 Å². The van der Waals surface area contributed by atoms with Crippen molar-refractivity contribution in [1.29, 1.82) is 0 Å². The minimum Gasteiger partial charge on any atom is -0.383 e. The monoisotopic (exact) mass is 387 g/mol. The summed E-state index contributed by atoms with van der Waals surface area (Å²) in [5.74, 6) is 0. The van der Waals surface area contributed by atoms with Gasteiger partial charge in [0.05, 0.1) is 23.8 Å². The van der Waals surface area contributed by atoms with Gasteiger partial charge in [-0.15, -0.1) is 0 Å². The molecule has 0 N–H and O–H groups in total. The molecule has 26 heavy (non-hydrogen) atoms. The molecule has 1 fully saturated rings. The van der Waals surface area contributed by atoms with E-state index in [-0.39, 0.29) is 10.6 Å². The van der Waals surface area contributed by atoms with Gasteiger partial charge in [-0.2, -0.15) is 4.31 Å². The first-order valence-corrected chi connectivity index (χ1v) is 9.87. The highest BCUT2D eigenvalue weighted by Crippen LogP contribution is 2.33. The Kier molecular flexibility index (Phi) is 7.33. The first-order valence-electron chi connectivity index (χ1n) is 8.43. The van der Waals surface area contributed by atoms with E-state index >= 15 is 0 Å². The fourth-order valence-electron chi connectivity index (χ4n) is 2.91. The van der Waals surface area contributed by atoms with Crippen LogP contribution in [0.2, 0.25) is 0 Å². The molecule has 1 aliphatic rings. The molecule has 2 rings (SSSR count). The molecule has 0 saturated carbocycles. The second-order valence-electron chi connectivity index (χ2n) is 5.99. The van der Waals surface area contributed by atoms with Gasteiger partial charge >= 0.3 is 0 Å². The molecule has 0 aliphatic carbocycles. The molecule has 1 aliphatic heterocycles. The van der Waals surface area contributed by atoms with E-state index in [4.69, 9.17) is 9.47 Å². The van der Waals surface area contributed by atoms with Crippen LogP contribution in [0.4, 0.5) is 11.4 Å². The lowest BCUT2D eigenvalue weighted by Crippen LogP contribution is -2.34. The maximum absolute atomic E-state index is 13.1. The summed E-state index contributed by atoms with van der Waals surface area (Å²) in [6, 6.07) is 3.97. The Morgan fingerprint density at radius 2 is 1.73 bits per heavy atom. The maximum Gasteiger partial charge on any atom is 0.270 e. The Balaban J connectivity index is 2.50. The van der Waals surface area contributed by atoms with Crippen molar-refractivity contribution in [3.05, 3.63) is 28.3 Å². The fourth-order valence-corrected chi connectivity index (χ4v) is 4.66. The van der Waals surface area contributed by atoms with Crippen LogP contribution in [0.5, 0.6) is 0 Å². The molecular weight excluding hydrogens is 362 g/mol. The van der Waals surface area contributed by atoms with Gasteiger partial charge in [-0.1, -0.05) is 0 Å². The van der Waals surface area contributed by atoms with Gasteiger partial charge in [0.25, 0.3) is 5.69 Å². The standard InChI is InChI=1S/C16H25N3O6S/c1-24-11-9-17(10-12-25-2)15-6-5-14(19(20)21)13-16(15)26(22,23)18-7-3-4-8-18/h5-6,13H,3-4,7-12H2,1-2H3. The van der Waals surface area contributed by atoms with E-state index in [0.717, 1.165) is 18.9 Å². The molecule has 0 atom stereocenters. The summed E-state index contributed by atoms with van der Waals surface area (Å²) >= 11 is 0. The van der Waals surface area contributed by atoms with E-state index < -0.39 is 14.9 Å². The summed E-state index contributed by atoms with van der Waals surface area (Å²) in [7, 11) is -0.691. The Morgan fingerprint density at radius 3 is 2.23 bits per heavy atom. The highest BCUT2D eigenvalue weighted by Gasteiger charge is 2.32. The Hall–Kier alpha value is -1.75. The SMILES string of the molecule is COCCN(CCOC)c1ccc([N+](=O)[O-])cc1S(=O)(=O)N1CCCC1. The lowest BCUT2D eigenvalue weighted by molar-refractivity contribution is -0.385. The number of nitrogens with zero attached hydrogens (tertiary/aromatic N) is 3. The van der Waals surface area contributed by atoms with Crippen molar-refractivity contribution < 1.29 is 22.8 Å². The summed E-state index contributed by atoms with van der Waals surface area (Å²) in [6.45, 7) is 2.54. The molecule has 0 radical (unpaired) electrons. The van der Waals surface area contributed by atoms with Crippen molar-refractivity contribution in [3.8, 4) is 0 Å². The number of nitro groups is 1. The molecule has 0 amide bonds. The molecule has 1 saturated heterocycles. The van der Waals surface area contributed by atoms with E-state index in [1.165, 1.54) is 16.4 Å². The number of nitro benzene ring substituents is 1. The number of ether oxygens (including phenoxy) is 2. The van der Waals surface area contributed by atoms with E-state index in [9.17, 15) is 18.5 Å². The number of hydrogen-bond donors (Lipinski definition) is 0. The van der Waals surface area contributed by atoms with Crippen molar-refractivity contribution >= 4 is 21.4 Å². The van der Waals surface area contributed by atoms with Gasteiger partial charge in [-0.3, -0.25) is 10.1 Å². The Bertz CT molecular complexity index is 711. The largest absolute Gasteiger partial charge is 0.383 e. The summed E-state index contributed by atoms with van der Waals surface area (Å²) < 4.78 is 37.8. The third-order valence-corrected chi connectivity index (χ3v) is 6.24. The van der Waals surface area contributed by atoms with Crippen molar-refractivity contribution in [2.24, 2.45) is 0 Å². The maximum atomic E-state index is 13.1. The van der Waals surface area contributed by atoms with Gasteiger partial charge in [-0.05, 0) is 18.9 Å². The molecule has 1 aromatic carbocycles. The summed E-state index contributed by atoms with van der Waals surface area (Å²) in [6.07, 6.45) is 1.58. The number of methoxy groups -OCH3 is 2.